The molecular weight excluding hydrogens is 603 g/mol. The van der Waals surface area contributed by atoms with E-state index in [1.807, 2.05) is 60.7 Å². The van der Waals surface area contributed by atoms with Gasteiger partial charge in [-0.25, -0.2) is 4.39 Å². The zero-order chi connectivity index (χ0) is 32.4. The van der Waals surface area contributed by atoms with Crippen molar-refractivity contribution in [3.63, 3.8) is 0 Å². The third-order valence-corrected chi connectivity index (χ3v) is 10.2. The van der Waals surface area contributed by atoms with Crippen molar-refractivity contribution in [3.05, 3.63) is 123 Å². The number of allylic oxidation sites excluding steroid dienone is 1. The molecule has 240 valence electrons. The first-order valence-corrected chi connectivity index (χ1v) is 15.9. The van der Waals surface area contributed by atoms with E-state index >= 15 is 4.39 Å². The molecule has 0 bridgehead atoms. The Labute approximate surface area is 270 Å². The molecule has 0 amide bonds. The molecule has 0 radical (unpaired) electrons. The summed E-state index contributed by atoms with van der Waals surface area (Å²) < 4.78 is 33.5. The monoisotopic (exact) mass is 636 g/mol. The molecule has 0 unspecified atom stereocenters. The summed E-state index contributed by atoms with van der Waals surface area (Å²) in [5, 5.41) is 28.5. The molecule has 2 heterocycles. The van der Waals surface area contributed by atoms with Gasteiger partial charge in [0, 0.05) is 30.1 Å². The summed E-state index contributed by atoms with van der Waals surface area (Å²) in [7, 11) is 0. The van der Waals surface area contributed by atoms with Crippen LogP contribution in [0.15, 0.2) is 82.6 Å². The van der Waals surface area contributed by atoms with E-state index in [4.69, 9.17) is 14.0 Å². The van der Waals surface area contributed by atoms with E-state index in [-0.39, 0.29) is 65.7 Å². The van der Waals surface area contributed by atoms with E-state index < -0.39 is 46.6 Å². The largest absolute Gasteiger partial charge is 0.508 e. The second kappa shape index (κ2) is 11.2. The van der Waals surface area contributed by atoms with Gasteiger partial charge in [0.15, 0.2) is 17.1 Å². The Hall–Kier alpha value is -4.80. The highest BCUT2D eigenvalue weighted by Crippen LogP contribution is 2.57. The van der Waals surface area contributed by atoms with Crippen molar-refractivity contribution >= 4 is 11.6 Å². The first kappa shape index (κ1) is 29.6. The molecule has 3 aromatic carbocycles. The molecule has 0 spiro atoms. The highest BCUT2D eigenvalue weighted by atomic mass is 19.1. The number of carbonyl (C=O) groups excluding carboxylic acids is 2. The Morgan fingerprint density at radius 2 is 1.66 bits per heavy atom. The number of carbonyl (C=O) groups is 2. The van der Waals surface area contributed by atoms with Crippen LogP contribution in [0.1, 0.15) is 67.6 Å². The Balaban J connectivity index is 1.21. The lowest BCUT2D eigenvalue weighted by atomic mass is 9.58. The quantitative estimate of drug-likeness (QED) is 0.258. The van der Waals surface area contributed by atoms with Gasteiger partial charge in [-0.1, -0.05) is 60.7 Å². The minimum atomic E-state index is -2.45. The van der Waals surface area contributed by atoms with Crippen molar-refractivity contribution in [2.24, 2.45) is 11.8 Å². The fourth-order valence-electron chi connectivity index (χ4n) is 7.75. The van der Waals surface area contributed by atoms with E-state index in [1.54, 1.807) is 6.92 Å². The Morgan fingerprint density at radius 1 is 1.00 bits per heavy atom. The number of aliphatic hydroxyl groups is 2. The standard InChI is InChI=1S/C37H33FN2O7/c1-20-15-26(38)24-16-23-17-25-30(40-13-8-14-40)33-29(36(39-47-33)46-19-22-11-6-3-7-12-22)35(43)37(25,44)34(42)27(23)31(41)28(24)32(20)45-18-21-9-4-2-5-10-21/h2-7,9-12,15,23,25,30,42,44H,8,13-14,16-19H2,1H3/t23-,25-,30-,37-/m0/s1. The molecule has 1 aromatic heterocycles. The van der Waals surface area contributed by atoms with Crippen molar-refractivity contribution < 1.29 is 38.2 Å². The SMILES string of the molecule is Cc1cc(F)c2c(c1OCc1ccccc1)C(=O)C1=C(O)[C@]3(O)C(=O)c4c(OCc5ccccc5)noc4[C@@H](N4CCC4)[C@@H]3C[C@@H]1C2. The first-order valence-electron chi connectivity index (χ1n) is 15.9. The zero-order valence-corrected chi connectivity index (χ0v) is 25.7. The van der Waals surface area contributed by atoms with Crippen molar-refractivity contribution in [1.29, 1.82) is 0 Å². The summed E-state index contributed by atoms with van der Waals surface area (Å²) in [4.78, 5) is 30.8. The van der Waals surface area contributed by atoms with Crippen LogP contribution in [-0.4, -0.2) is 50.5 Å². The Kier molecular flexibility index (Phi) is 7.03. The molecule has 4 aromatic rings. The lowest BCUT2D eigenvalue weighted by molar-refractivity contribution is -0.0744. The molecule has 3 aliphatic carbocycles. The number of rotatable bonds is 7. The summed E-state index contributed by atoms with van der Waals surface area (Å²) in [6.45, 7) is 3.28. The summed E-state index contributed by atoms with van der Waals surface area (Å²) in [6, 6.07) is 19.5. The van der Waals surface area contributed by atoms with Crippen LogP contribution in [0.2, 0.25) is 0 Å². The molecule has 1 aliphatic heterocycles. The number of Topliss-reactive ketones (excluding diaryl/α,β-unsaturated/α-hetero) is 2. The third kappa shape index (κ3) is 4.53. The van der Waals surface area contributed by atoms with E-state index in [2.05, 4.69) is 10.1 Å². The van der Waals surface area contributed by atoms with Gasteiger partial charge in [-0.15, -0.1) is 0 Å². The fraction of sp³-hybridized carbons (Fsp3) is 0.324. The molecule has 1 fully saturated rings. The van der Waals surface area contributed by atoms with Gasteiger partial charge < -0.3 is 24.2 Å². The zero-order valence-electron chi connectivity index (χ0n) is 25.7. The summed E-state index contributed by atoms with van der Waals surface area (Å²) in [5.41, 5.74) is -0.231. The molecule has 9 nitrogen and oxygen atoms in total. The summed E-state index contributed by atoms with van der Waals surface area (Å²) in [6.07, 6.45) is 1.15. The predicted molar refractivity (Wildman–Crippen MR) is 167 cm³/mol. The van der Waals surface area contributed by atoms with Gasteiger partial charge in [-0.3, -0.25) is 14.5 Å². The van der Waals surface area contributed by atoms with Gasteiger partial charge in [-0.05, 0) is 60.0 Å². The molecular formula is C37H33FN2O7. The number of halogens is 1. The van der Waals surface area contributed by atoms with E-state index in [9.17, 15) is 19.8 Å². The number of aliphatic hydroxyl groups excluding tert-OH is 1. The second-order valence-corrected chi connectivity index (χ2v) is 12.9. The van der Waals surface area contributed by atoms with Crippen LogP contribution in [0.3, 0.4) is 0 Å². The number of nitrogens with zero attached hydrogens (tertiary/aromatic N) is 2. The van der Waals surface area contributed by atoms with Gasteiger partial charge in [0.1, 0.15) is 36.1 Å². The van der Waals surface area contributed by atoms with Crippen molar-refractivity contribution in [3.8, 4) is 11.6 Å². The van der Waals surface area contributed by atoms with Crippen LogP contribution < -0.4 is 9.47 Å². The fourth-order valence-corrected chi connectivity index (χ4v) is 7.75. The van der Waals surface area contributed by atoms with Gasteiger partial charge in [0.05, 0.1) is 11.6 Å². The molecule has 2 N–H and O–H groups in total. The Morgan fingerprint density at radius 3 is 2.30 bits per heavy atom. The number of aryl methyl sites for hydroxylation is 1. The molecule has 0 saturated carbocycles. The second-order valence-electron chi connectivity index (χ2n) is 12.9. The van der Waals surface area contributed by atoms with Crippen LogP contribution in [0.4, 0.5) is 4.39 Å². The van der Waals surface area contributed by atoms with Crippen LogP contribution in [-0.2, 0) is 19.6 Å². The van der Waals surface area contributed by atoms with Gasteiger partial charge in [0.2, 0.25) is 5.78 Å². The average molecular weight is 637 g/mol. The van der Waals surface area contributed by atoms with E-state index in [1.165, 1.54) is 6.07 Å². The number of ether oxygens (including phenoxy) is 2. The van der Waals surface area contributed by atoms with Gasteiger partial charge >= 0.3 is 0 Å². The maximum Gasteiger partial charge on any atom is 0.265 e. The topological polar surface area (TPSA) is 122 Å². The van der Waals surface area contributed by atoms with Crippen LogP contribution in [0.5, 0.6) is 11.6 Å². The van der Waals surface area contributed by atoms with Crippen molar-refractivity contribution in [2.45, 2.75) is 51.0 Å². The molecule has 10 heteroatoms. The number of aromatic nitrogens is 1. The molecule has 47 heavy (non-hydrogen) atoms. The highest BCUT2D eigenvalue weighted by Gasteiger charge is 2.64. The highest BCUT2D eigenvalue weighted by molar-refractivity contribution is 6.16. The lowest BCUT2D eigenvalue weighted by Crippen LogP contribution is -2.61. The molecule has 1 saturated heterocycles. The minimum Gasteiger partial charge on any atom is -0.508 e. The number of fused-ring (bicyclic) bond motifs is 4. The summed E-state index contributed by atoms with van der Waals surface area (Å²) in [5.74, 6) is -3.85. The normalized spacial score (nSPS) is 25.0. The maximum atomic E-state index is 15.6. The number of benzene rings is 3. The van der Waals surface area contributed by atoms with Crippen molar-refractivity contribution in [2.75, 3.05) is 13.1 Å². The predicted octanol–water partition coefficient (Wildman–Crippen LogP) is 5.84. The number of likely N-dealkylation sites (tertiary alicyclic amines) is 1. The van der Waals surface area contributed by atoms with Crippen LogP contribution in [0, 0.1) is 24.6 Å². The van der Waals surface area contributed by atoms with Gasteiger partial charge in [-0.2, -0.15) is 0 Å². The molecule has 8 rings (SSSR count). The smallest absolute Gasteiger partial charge is 0.265 e. The number of ketones is 2. The first-order chi connectivity index (χ1) is 22.8. The lowest BCUT2D eigenvalue weighted by Gasteiger charge is -2.52. The molecule has 4 aliphatic rings. The van der Waals surface area contributed by atoms with Gasteiger partial charge in [0.25, 0.3) is 5.88 Å². The van der Waals surface area contributed by atoms with E-state index in [0.717, 1.165) is 17.5 Å². The molecule has 4 atom stereocenters. The van der Waals surface area contributed by atoms with Crippen LogP contribution in [0.25, 0.3) is 0 Å². The minimum absolute atomic E-state index is 0.0124. The van der Waals surface area contributed by atoms with Crippen molar-refractivity contribution in [1.82, 2.24) is 10.1 Å². The number of hydrogen-bond donors (Lipinski definition) is 2. The van der Waals surface area contributed by atoms with E-state index in [0.29, 0.717) is 18.7 Å². The average Bonchev–Trinajstić information content (AvgIpc) is 3.47. The maximum absolute atomic E-state index is 15.6. The number of hydrogen-bond acceptors (Lipinski definition) is 9. The third-order valence-electron chi connectivity index (χ3n) is 10.2. The van der Waals surface area contributed by atoms with Crippen LogP contribution >= 0.6 is 0 Å². The summed E-state index contributed by atoms with van der Waals surface area (Å²) >= 11 is 0. The Bertz CT molecular complexity index is 1930.